The summed E-state index contributed by atoms with van der Waals surface area (Å²) in [4.78, 5) is 11.9. The van der Waals surface area contributed by atoms with Crippen molar-refractivity contribution >= 4 is 11.5 Å². The van der Waals surface area contributed by atoms with E-state index in [4.69, 9.17) is 9.47 Å². The van der Waals surface area contributed by atoms with Crippen LogP contribution in [0.1, 0.15) is 31.4 Å². The van der Waals surface area contributed by atoms with Gasteiger partial charge in [-0.05, 0) is 42.2 Å². The molecule has 0 saturated carbocycles. The van der Waals surface area contributed by atoms with Gasteiger partial charge in [-0.2, -0.15) is 0 Å². The monoisotopic (exact) mass is 310 g/mol. The average Bonchev–Trinajstić information content (AvgIpc) is 2.59. The molecule has 0 aliphatic heterocycles. The van der Waals surface area contributed by atoms with Crippen LogP contribution in [0.15, 0.2) is 60.7 Å². The largest absolute Gasteiger partial charge is 0.494 e. The average molecular weight is 310 g/mol. The Balaban J connectivity index is 2.39. The molecule has 2 aromatic rings. The number of hydrogen-bond donors (Lipinski definition) is 0. The Kier molecular flexibility index (Phi) is 6.42. The van der Waals surface area contributed by atoms with Gasteiger partial charge in [0.25, 0.3) is 0 Å². The Labute approximate surface area is 137 Å². The molecule has 3 nitrogen and oxygen atoms in total. The first-order valence-electron chi connectivity index (χ1n) is 7.91. The molecule has 23 heavy (non-hydrogen) atoms. The molecule has 0 atom stereocenters. The van der Waals surface area contributed by atoms with Crippen molar-refractivity contribution in [2.75, 3.05) is 13.2 Å². The van der Waals surface area contributed by atoms with Gasteiger partial charge in [0.05, 0.1) is 13.2 Å². The van der Waals surface area contributed by atoms with Crippen molar-refractivity contribution in [2.24, 2.45) is 0 Å². The standard InChI is InChI=1S/C20H22O3/c1-3-13-23-18-12-8-11-17(14-18)19(15-20(21)22-4-2)16-9-6-5-7-10-16/h5-12,14-15H,3-4,13H2,1-2H3/b19-15-. The van der Waals surface area contributed by atoms with E-state index in [2.05, 4.69) is 6.92 Å². The Morgan fingerprint density at radius 3 is 2.43 bits per heavy atom. The Morgan fingerprint density at radius 2 is 1.74 bits per heavy atom. The SMILES string of the molecule is CCCOc1cccc(/C(=C\C(=O)OCC)c2ccccc2)c1. The van der Waals surface area contributed by atoms with Crippen molar-refractivity contribution in [2.45, 2.75) is 20.3 Å². The number of carbonyl (C=O) groups excluding carboxylic acids is 1. The number of ether oxygens (including phenoxy) is 2. The first-order chi connectivity index (χ1) is 11.2. The molecule has 0 saturated heterocycles. The third-order valence-corrected chi connectivity index (χ3v) is 3.25. The maximum atomic E-state index is 11.9. The molecule has 0 amide bonds. The second-order valence-corrected chi connectivity index (χ2v) is 5.05. The van der Waals surface area contributed by atoms with Crippen LogP contribution in [0.2, 0.25) is 0 Å². The first kappa shape index (κ1) is 16.8. The van der Waals surface area contributed by atoms with Crippen molar-refractivity contribution in [1.29, 1.82) is 0 Å². The van der Waals surface area contributed by atoms with Crippen LogP contribution in [0, 0.1) is 0 Å². The lowest BCUT2D eigenvalue weighted by Crippen LogP contribution is -2.02. The molecule has 3 heteroatoms. The van der Waals surface area contributed by atoms with Gasteiger partial charge in [0.15, 0.2) is 0 Å². The van der Waals surface area contributed by atoms with Crippen molar-refractivity contribution in [3.05, 3.63) is 71.8 Å². The predicted molar refractivity (Wildman–Crippen MR) is 92.4 cm³/mol. The van der Waals surface area contributed by atoms with Gasteiger partial charge >= 0.3 is 5.97 Å². The summed E-state index contributed by atoms with van der Waals surface area (Å²) in [6, 6.07) is 17.6. The van der Waals surface area contributed by atoms with E-state index in [0.717, 1.165) is 28.9 Å². The van der Waals surface area contributed by atoms with E-state index in [1.807, 2.05) is 54.6 Å². The van der Waals surface area contributed by atoms with Gasteiger partial charge in [-0.1, -0.05) is 49.4 Å². The fourth-order valence-electron chi connectivity index (χ4n) is 2.23. The van der Waals surface area contributed by atoms with Crippen molar-refractivity contribution in [3.63, 3.8) is 0 Å². The van der Waals surface area contributed by atoms with Gasteiger partial charge in [0, 0.05) is 6.08 Å². The number of rotatable bonds is 7. The van der Waals surface area contributed by atoms with Crippen LogP contribution in [0.3, 0.4) is 0 Å². The summed E-state index contributed by atoms with van der Waals surface area (Å²) < 4.78 is 10.8. The molecule has 0 radical (unpaired) electrons. The predicted octanol–water partition coefficient (Wildman–Crippen LogP) is 4.47. The molecule has 0 unspecified atom stereocenters. The molecule has 0 aliphatic rings. The molecular formula is C20H22O3. The summed E-state index contributed by atoms with van der Waals surface area (Å²) in [6.45, 7) is 4.90. The van der Waals surface area contributed by atoms with Crippen LogP contribution < -0.4 is 4.74 Å². The number of esters is 1. The smallest absolute Gasteiger partial charge is 0.331 e. The van der Waals surface area contributed by atoms with Gasteiger partial charge in [-0.15, -0.1) is 0 Å². The molecule has 0 heterocycles. The summed E-state index contributed by atoms with van der Waals surface area (Å²) in [5, 5.41) is 0. The molecule has 120 valence electrons. The van der Waals surface area contributed by atoms with Crippen molar-refractivity contribution in [3.8, 4) is 5.75 Å². The highest BCUT2D eigenvalue weighted by Gasteiger charge is 2.09. The van der Waals surface area contributed by atoms with E-state index in [-0.39, 0.29) is 5.97 Å². The van der Waals surface area contributed by atoms with E-state index in [1.54, 1.807) is 6.92 Å². The molecule has 0 aromatic heterocycles. The van der Waals surface area contributed by atoms with Crippen LogP contribution in [0.25, 0.3) is 5.57 Å². The number of carbonyl (C=O) groups is 1. The third kappa shape index (κ3) is 4.99. The highest BCUT2D eigenvalue weighted by Crippen LogP contribution is 2.26. The van der Waals surface area contributed by atoms with E-state index >= 15 is 0 Å². The maximum Gasteiger partial charge on any atom is 0.331 e. The Hall–Kier alpha value is -2.55. The minimum Gasteiger partial charge on any atom is -0.494 e. The quantitative estimate of drug-likeness (QED) is 0.559. The fraction of sp³-hybridized carbons (Fsp3) is 0.250. The third-order valence-electron chi connectivity index (χ3n) is 3.25. The fourth-order valence-corrected chi connectivity index (χ4v) is 2.23. The lowest BCUT2D eigenvalue weighted by Gasteiger charge is -2.11. The van der Waals surface area contributed by atoms with Gasteiger partial charge < -0.3 is 9.47 Å². The lowest BCUT2D eigenvalue weighted by molar-refractivity contribution is -0.137. The highest BCUT2D eigenvalue weighted by atomic mass is 16.5. The molecule has 0 spiro atoms. The molecule has 0 fully saturated rings. The molecular weight excluding hydrogens is 288 g/mol. The Morgan fingerprint density at radius 1 is 1.00 bits per heavy atom. The summed E-state index contributed by atoms with van der Waals surface area (Å²) in [5.41, 5.74) is 2.72. The van der Waals surface area contributed by atoms with E-state index < -0.39 is 0 Å². The van der Waals surface area contributed by atoms with Crippen molar-refractivity contribution < 1.29 is 14.3 Å². The van der Waals surface area contributed by atoms with Gasteiger partial charge in [-0.3, -0.25) is 0 Å². The van der Waals surface area contributed by atoms with Crippen LogP contribution in [-0.4, -0.2) is 19.2 Å². The van der Waals surface area contributed by atoms with Crippen LogP contribution in [0.4, 0.5) is 0 Å². The molecule has 2 rings (SSSR count). The van der Waals surface area contributed by atoms with Crippen LogP contribution in [-0.2, 0) is 9.53 Å². The summed E-state index contributed by atoms with van der Waals surface area (Å²) in [5.74, 6) is 0.460. The van der Waals surface area contributed by atoms with E-state index in [1.165, 1.54) is 6.08 Å². The zero-order chi connectivity index (χ0) is 16.5. The maximum absolute atomic E-state index is 11.9. The minimum absolute atomic E-state index is 0.341. The summed E-state index contributed by atoms with van der Waals surface area (Å²) in [6.07, 6.45) is 2.49. The zero-order valence-corrected chi connectivity index (χ0v) is 13.6. The molecule has 0 bridgehead atoms. The highest BCUT2D eigenvalue weighted by molar-refractivity contribution is 5.96. The lowest BCUT2D eigenvalue weighted by atomic mass is 9.97. The van der Waals surface area contributed by atoms with Crippen LogP contribution >= 0.6 is 0 Å². The second kappa shape index (κ2) is 8.79. The van der Waals surface area contributed by atoms with Crippen LogP contribution in [0.5, 0.6) is 5.75 Å². The van der Waals surface area contributed by atoms with Gasteiger partial charge in [-0.25, -0.2) is 4.79 Å². The topological polar surface area (TPSA) is 35.5 Å². The molecule has 0 aliphatic carbocycles. The molecule has 0 N–H and O–H groups in total. The first-order valence-corrected chi connectivity index (χ1v) is 7.91. The Bertz CT molecular complexity index is 660. The minimum atomic E-state index is -0.341. The normalized spacial score (nSPS) is 11.1. The molecule has 2 aromatic carbocycles. The van der Waals surface area contributed by atoms with Gasteiger partial charge in [0.1, 0.15) is 5.75 Å². The van der Waals surface area contributed by atoms with E-state index in [0.29, 0.717) is 13.2 Å². The summed E-state index contributed by atoms with van der Waals surface area (Å²) >= 11 is 0. The zero-order valence-electron chi connectivity index (χ0n) is 13.6. The summed E-state index contributed by atoms with van der Waals surface area (Å²) in [7, 11) is 0. The number of benzene rings is 2. The van der Waals surface area contributed by atoms with E-state index in [9.17, 15) is 4.79 Å². The van der Waals surface area contributed by atoms with Crippen molar-refractivity contribution in [1.82, 2.24) is 0 Å². The second-order valence-electron chi connectivity index (χ2n) is 5.05. The number of hydrogen-bond acceptors (Lipinski definition) is 3. The van der Waals surface area contributed by atoms with Gasteiger partial charge in [0.2, 0.25) is 0 Å².